The molecule has 0 bridgehead atoms. The molecular formula is C23H35N5O4. The first-order valence-corrected chi connectivity index (χ1v) is 11.1. The van der Waals surface area contributed by atoms with Crippen molar-refractivity contribution in [3.8, 4) is 6.01 Å². The van der Waals surface area contributed by atoms with Crippen molar-refractivity contribution in [2.75, 3.05) is 25.9 Å². The summed E-state index contributed by atoms with van der Waals surface area (Å²) in [4.78, 5) is 35.5. The van der Waals surface area contributed by atoms with E-state index in [4.69, 9.17) is 15.2 Å². The molecule has 2 heterocycles. The Balaban J connectivity index is 1.64. The van der Waals surface area contributed by atoms with E-state index in [1.165, 1.54) is 12.7 Å². The lowest BCUT2D eigenvalue weighted by molar-refractivity contribution is 0.0508. The Morgan fingerprint density at radius 1 is 1.25 bits per heavy atom. The standard InChI is InChI=1S/C23H35N5O4/c1-22(2,3)32-21(30)25-13-23(4,5)14-7-9-15(10-8-14)28-12-11-16-17(19(28)29)18(24)27-20(26-16)31-6/h7,15H,8-13H2,1-6H3,(H,25,30)(H2,24,26,27). The van der Waals surface area contributed by atoms with Crippen LogP contribution >= 0.6 is 0 Å². The summed E-state index contributed by atoms with van der Waals surface area (Å²) >= 11 is 0. The zero-order chi connectivity index (χ0) is 23.7. The first-order chi connectivity index (χ1) is 14.9. The number of anilines is 1. The highest BCUT2D eigenvalue weighted by atomic mass is 16.6. The number of methoxy groups -OCH3 is 1. The number of nitrogen functional groups attached to an aromatic ring is 1. The second-order valence-electron chi connectivity index (χ2n) is 10.1. The first-order valence-electron chi connectivity index (χ1n) is 11.1. The van der Waals surface area contributed by atoms with Gasteiger partial charge >= 0.3 is 12.1 Å². The fraction of sp³-hybridized carbons (Fsp3) is 0.652. The van der Waals surface area contributed by atoms with E-state index in [0.29, 0.717) is 30.8 Å². The van der Waals surface area contributed by atoms with Crippen molar-refractivity contribution < 1.29 is 19.1 Å². The first kappa shape index (κ1) is 23.8. The van der Waals surface area contributed by atoms with E-state index in [-0.39, 0.29) is 29.2 Å². The van der Waals surface area contributed by atoms with Crippen LogP contribution in [-0.4, -0.2) is 58.7 Å². The van der Waals surface area contributed by atoms with Gasteiger partial charge in [0.15, 0.2) is 0 Å². The molecule has 9 nitrogen and oxygen atoms in total. The number of aromatic nitrogens is 2. The summed E-state index contributed by atoms with van der Waals surface area (Å²) in [5, 5.41) is 2.88. The number of hydrogen-bond acceptors (Lipinski definition) is 7. The average Bonchev–Trinajstić information content (AvgIpc) is 2.71. The Morgan fingerprint density at radius 3 is 2.56 bits per heavy atom. The van der Waals surface area contributed by atoms with Crippen LogP contribution in [0.15, 0.2) is 11.6 Å². The van der Waals surface area contributed by atoms with Crippen LogP contribution in [0.25, 0.3) is 0 Å². The van der Waals surface area contributed by atoms with Crippen molar-refractivity contribution in [3.05, 3.63) is 22.9 Å². The van der Waals surface area contributed by atoms with Gasteiger partial charge in [-0.3, -0.25) is 4.79 Å². The van der Waals surface area contributed by atoms with E-state index in [1.54, 1.807) is 0 Å². The number of nitrogens with one attached hydrogen (secondary N) is 1. The molecule has 1 aliphatic heterocycles. The van der Waals surface area contributed by atoms with Gasteiger partial charge in [-0.05, 0) is 40.0 Å². The molecule has 0 fully saturated rings. The fourth-order valence-electron chi connectivity index (χ4n) is 4.27. The molecule has 176 valence electrons. The smallest absolute Gasteiger partial charge is 0.407 e. The summed E-state index contributed by atoms with van der Waals surface area (Å²) in [7, 11) is 1.48. The summed E-state index contributed by atoms with van der Waals surface area (Å²) in [6, 6.07) is 0.297. The van der Waals surface area contributed by atoms with Crippen LogP contribution < -0.4 is 15.8 Å². The minimum atomic E-state index is -0.523. The lowest BCUT2D eigenvalue weighted by Gasteiger charge is -2.39. The largest absolute Gasteiger partial charge is 0.467 e. The lowest BCUT2D eigenvalue weighted by Crippen LogP contribution is -2.46. The normalized spacial score (nSPS) is 19.2. The van der Waals surface area contributed by atoms with Crippen molar-refractivity contribution in [2.24, 2.45) is 5.41 Å². The molecule has 9 heteroatoms. The van der Waals surface area contributed by atoms with Gasteiger partial charge in [-0.15, -0.1) is 0 Å². The van der Waals surface area contributed by atoms with Gasteiger partial charge in [0.1, 0.15) is 17.0 Å². The van der Waals surface area contributed by atoms with Crippen molar-refractivity contribution in [1.29, 1.82) is 0 Å². The van der Waals surface area contributed by atoms with Crippen LogP contribution in [-0.2, 0) is 11.2 Å². The van der Waals surface area contributed by atoms with Crippen LogP contribution in [0.4, 0.5) is 10.6 Å². The van der Waals surface area contributed by atoms with Crippen LogP contribution in [0.2, 0.25) is 0 Å². The maximum absolute atomic E-state index is 13.1. The Kier molecular flexibility index (Phi) is 6.67. The van der Waals surface area contributed by atoms with Gasteiger partial charge in [0.2, 0.25) is 0 Å². The molecule has 0 spiro atoms. The van der Waals surface area contributed by atoms with Crippen molar-refractivity contribution in [3.63, 3.8) is 0 Å². The van der Waals surface area contributed by atoms with E-state index in [2.05, 4.69) is 35.2 Å². The molecule has 1 aliphatic carbocycles. The molecule has 3 rings (SSSR count). The molecule has 0 radical (unpaired) electrons. The van der Waals surface area contributed by atoms with Gasteiger partial charge < -0.3 is 25.4 Å². The SMILES string of the molecule is COc1nc(N)c2c(n1)CCN(C1CC=C(C(C)(C)CNC(=O)OC(C)(C)C)CC1)C2=O. The van der Waals surface area contributed by atoms with Gasteiger partial charge in [-0.25, -0.2) is 4.79 Å². The Labute approximate surface area is 189 Å². The second kappa shape index (κ2) is 8.96. The Morgan fingerprint density at radius 2 is 1.97 bits per heavy atom. The minimum Gasteiger partial charge on any atom is -0.467 e. The quantitative estimate of drug-likeness (QED) is 0.668. The summed E-state index contributed by atoms with van der Waals surface area (Å²) in [5.41, 5.74) is 7.64. The summed E-state index contributed by atoms with van der Waals surface area (Å²) in [5.74, 6) is 0.0575. The highest BCUT2D eigenvalue weighted by molar-refractivity contribution is 6.00. The van der Waals surface area contributed by atoms with Gasteiger partial charge in [-0.1, -0.05) is 25.5 Å². The Hall–Kier alpha value is -2.84. The molecule has 0 aromatic carbocycles. The molecule has 2 amide bonds. The summed E-state index contributed by atoms with van der Waals surface area (Å²) in [6.07, 6.45) is 4.92. The molecule has 1 atom stereocenters. The molecular weight excluding hydrogens is 410 g/mol. The molecule has 0 saturated heterocycles. The van der Waals surface area contributed by atoms with E-state index >= 15 is 0 Å². The number of carbonyl (C=O) groups excluding carboxylic acids is 2. The van der Waals surface area contributed by atoms with Crippen molar-refractivity contribution in [2.45, 2.75) is 71.9 Å². The zero-order valence-corrected chi connectivity index (χ0v) is 19.9. The number of amides is 2. The maximum atomic E-state index is 13.1. The number of rotatable bonds is 5. The predicted molar refractivity (Wildman–Crippen MR) is 121 cm³/mol. The molecule has 3 N–H and O–H groups in total. The third kappa shape index (κ3) is 5.31. The van der Waals surface area contributed by atoms with Crippen LogP contribution in [0.5, 0.6) is 6.01 Å². The topological polar surface area (TPSA) is 120 Å². The van der Waals surface area contributed by atoms with Gasteiger partial charge in [0.05, 0.1) is 12.8 Å². The second-order valence-corrected chi connectivity index (χ2v) is 10.1. The fourth-order valence-corrected chi connectivity index (χ4v) is 4.27. The van der Waals surface area contributed by atoms with Crippen molar-refractivity contribution >= 4 is 17.8 Å². The van der Waals surface area contributed by atoms with Gasteiger partial charge in [0, 0.05) is 31.0 Å². The highest BCUT2D eigenvalue weighted by Gasteiger charge is 2.36. The number of fused-ring (bicyclic) bond motifs is 1. The number of alkyl carbamates (subject to hydrolysis) is 1. The minimum absolute atomic E-state index is 0.107. The lowest BCUT2D eigenvalue weighted by atomic mass is 9.77. The molecule has 0 saturated carbocycles. The molecule has 1 aromatic rings. The number of ether oxygens (including phenoxy) is 2. The van der Waals surface area contributed by atoms with Gasteiger partial charge in [0.25, 0.3) is 5.91 Å². The van der Waals surface area contributed by atoms with Crippen LogP contribution in [0, 0.1) is 5.41 Å². The predicted octanol–water partition coefficient (Wildman–Crippen LogP) is 3.10. The number of hydrogen-bond donors (Lipinski definition) is 2. The van der Waals surface area contributed by atoms with Gasteiger partial charge in [-0.2, -0.15) is 9.97 Å². The van der Waals surface area contributed by atoms with E-state index < -0.39 is 11.7 Å². The number of carbonyl (C=O) groups is 2. The zero-order valence-electron chi connectivity index (χ0n) is 19.9. The van der Waals surface area contributed by atoms with Crippen LogP contribution in [0.1, 0.15) is 69.9 Å². The van der Waals surface area contributed by atoms with E-state index in [0.717, 1.165) is 19.3 Å². The molecule has 2 aliphatic rings. The molecule has 1 unspecified atom stereocenters. The maximum Gasteiger partial charge on any atom is 0.407 e. The summed E-state index contributed by atoms with van der Waals surface area (Å²) in [6.45, 7) is 10.9. The monoisotopic (exact) mass is 445 g/mol. The third-order valence-electron chi connectivity index (χ3n) is 6.01. The summed E-state index contributed by atoms with van der Waals surface area (Å²) < 4.78 is 10.4. The average molecular weight is 446 g/mol. The van der Waals surface area contributed by atoms with E-state index in [9.17, 15) is 9.59 Å². The van der Waals surface area contributed by atoms with Crippen molar-refractivity contribution in [1.82, 2.24) is 20.2 Å². The third-order valence-corrected chi connectivity index (χ3v) is 6.01. The number of nitrogens with zero attached hydrogens (tertiary/aromatic N) is 3. The highest BCUT2D eigenvalue weighted by Crippen LogP contribution is 2.36. The Bertz CT molecular complexity index is 920. The van der Waals surface area contributed by atoms with Crippen LogP contribution in [0.3, 0.4) is 0 Å². The number of nitrogens with two attached hydrogens (primary N) is 1. The van der Waals surface area contributed by atoms with E-state index in [1.807, 2.05) is 25.7 Å². The molecule has 32 heavy (non-hydrogen) atoms. The molecule has 1 aromatic heterocycles.